The molecule has 1 aliphatic heterocycles. The Kier molecular flexibility index (Phi) is 2.87. The number of nitrogens with zero attached hydrogens (tertiary/aromatic N) is 1. The molecule has 1 amide bonds. The summed E-state index contributed by atoms with van der Waals surface area (Å²) in [5.74, 6) is 0.375. The highest BCUT2D eigenvalue weighted by atomic mass is 16.2. The molecule has 3 nitrogen and oxygen atoms in total. The van der Waals surface area contributed by atoms with Crippen LogP contribution in [0, 0.1) is 11.3 Å². The molecule has 1 saturated heterocycles. The summed E-state index contributed by atoms with van der Waals surface area (Å²) in [5.41, 5.74) is -0.679. The SMILES string of the molecule is C=CCN1C[C@@H](C)[C@@]2(CCCCC2=O)C1=O. The van der Waals surface area contributed by atoms with Gasteiger partial charge in [-0.05, 0) is 18.8 Å². The summed E-state index contributed by atoms with van der Waals surface area (Å²) in [7, 11) is 0. The Bertz CT molecular complexity index is 337. The number of Topliss-reactive ketones (excluding diaryl/α,β-unsaturated/α-hetero) is 1. The third-order valence-corrected chi connectivity index (χ3v) is 4.08. The molecule has 0 aromatic heterocycles. The molecule has 88 valence electrons. The second kappa shape index (κ2) is 4.04. The Balaban J connectivity index is 2.29. The van der Waals surface area contributed by atoms with Gasteiger partial charge in [-0.15, -0.1) is 6.58 Å². The van der Waals surface area contributed by atoms with Crippen LogP contribution in [-0.2, 0) is 9.59 Å². The Morgan fingerprint density at radius 1 is 1.50 bits per heavy atom. The largest absolute Gasteiger partial charge is 0.338 e. The predicted molar refractivity (Wildman–Crippen MR) is 61.8 cm³/mol. The lowest BCUT2D eigenvalue weighted by Crippen LogP contribution is -2.44. The molecular formula is C13H19NO2. The van der Waals surface area contributed by atoms with E-state index in [1.807, 2.05) is 6.92 Å². The number of carbonyl (C=O) groups excluding carboxylic acids is 2. The van der Waals surface area contributed by atoms with E-state index in [4.69, 9.17) is 0 Å². The maximum absolute atomic E-state index is 12.4. The second-order valence-corrected chi connectivity index (χ2v) is 5.00. The highest BCUT2D eigenvalue weighted by Crippen LogP contribution is 2.45. The van der Waals surface area contributed by atoms with Crippen LogP contribution < -0.4 is 0 Å². The molecule has 2 rings (SSSR count). The Hall–Kier alpha value is -1.12. The number of carbonyl (C=O) groups is 2. The van der Waals surface area contributed by atoms with Crippen molar-refractivity contribution in [2.75, 3.05) is 13.1 Å². The topological polar surface area (TPSA) is 37.4 Å². The molecule has 0 aromatic carbocycles. The molecule has 1 saturated carbocycles. The fraction of sp³-hybridized carbons (Fsp3) is 0.692. The maximum atomic E-state index is 12.4. The number of ketones is 1. The summed E-state index contributed by atoms with van der Waals surface area (Å²) in [4.78, 5) is 26.2. The molecule has 0 bridgehead atoms. The molecule has 0 unspecified atom stereocenters. The van der Waals surface area contributed by atoms with Gasteiger partial charge in [0.25, 0.3) is 0 Å². The van der Waals surface area contributed by atoms with Gasteiger partial charge in [0.05, 0.1) is 0 Å². The van der Waals surface area contributed by atoms with E-state index in [-0.39, 0.29) is 17.6 Å². The van der Waals surface area contributed by atoms with E-state index in [2.05, 4.69) is 6.58 Å². The third kappa shape index (κ3) is 1.41. The van der Waals surface area contributed by atoms with Crippen molar-refractivity contribution in [2.24, 2.45) is 11.3 Å². The average molecular weight is 221 g/mol. The van der Waals surface area contributed by atoms with Crippen LogP contribution in [0.1, 0.15) is 32.6 Å². The van der Waals surface area contributed by atoms with Crippen LogP contribution in [-0.4, -0.2) is 29.7 Å². The summed E-state index contributed by atoms with van der Waals surface area (Å²) in [6.45, 7) is 6.96. The van der Waals surface area contributed by atoms with Crippen LogP contribution in [0.3, 0.4) is 0 Å². The van der Waals surface area contributed by atoms with Crippen molar-refractivity contribution in [3.05, 3.63) is 12.7 Å². The van der Waals surface area contributed by atoms with Crippen molar-refractivity contribution in [2.45, 2.75) is 32.6 Å². The first kappa shape index (κ1) is 11.4. The molecule has 3 heteroatoms. The first-order valence-electron chi connectivity index (χ1n) is 6.06. The molecule has 1 spiro atoms. The minimum atomic E-state index is -0.679. The molecule has 1 aliphatic carbocycles. The fourth-order valence-corrected chi connectivity index (χ4v) is 3.17. The average Bonchev–Trinajstić information content (AvgIpc) is 2.49. The van der Waals surface area contributed by atoms with Gasteiger partial charge in [0, 0.05) is 19.5 Å². The minimum absolute atomic E-state index is 0.0459. The molecule has 2 atom stereocenters. The lowest BCUT2D eigenvalue weighted by atomic mass is 9.67. The fourth-order valence-electron chi connectivity index (χ4n) is 3.17. The van der Waals surface area contributed by atoms with Gasteiger partial charge in [0.15, 0.2) is 0 Å². The Morgan fingerprint density at radius 2 is 2.25 bits per heavy atom. The van der Waals surface area contributed by atoms with Crippen LogP contribution in [0.2, 0.25) is 0 Å². The van der Waals surface area contributed by atoms with Crippen LogP contribution >= 0.6 is 0 Å². The minimum Gasteiger partial charge on any atom is -0.338 e. The predicted octanol–water partition coefficient (Wildman–Crippen LogP) is 1.78. The maximum Gasteiger partial charge on any atom is 0.236 e. The highest BCUT2D eigenvalue weighted by molar-refractivity contribution is 6.08. The molecule has 16 heavy (non-hydrogen) atoms. The molecule has 0 aromatic rings. The zero-order valence-electron chi connectivity index (χ0n) is 9.87. The summed E-state index contributed by atoms with van der Waals surface area (Å²) < 4.78 is 0. The molecule has 0 radical (unpaired) electrons. The second-order valence-electron chi connectivity index (χ2n) is 5.00. The van der Waals surface area contributed by atoms with Crippen molar-refractivity contribution in [1.82, 2.24) is 4.90 Å². The van der Waals surface area contributed by atoms with E-state index in [1.54, 1.807) is 11.0 Å². The van der Waals surface area contributed by atoms with E-state index in [1.165, 1.54) is 0 Å². The smallest absolute Gasteiger partial charge is 0.236 e. The monoisotopic (exact) mass is 221 g/mol. The van der Waals surface area contributed by atoms with Gasteiger partial charge in [-0.1, -0.05) is 19.4 Å². The van der Waals surface area contributed by atoms with Crippen molar-refractivity contribution >= 4 is 11.7 Å². The van der Waals surface area contributed by atoms with Crippen molar-refractivity contribution < 1.29 is 9.59 Å². The Labute approximate surface area is 96.5 Å². The molecule has 1 heterocycles. The molecule has 0 N–H and O–H groups in total. The van der Waals surface area contributed by atoms with E-state index in [9.17, 15) is 9.59 Å². The van der Waals surface area contributed by atoms with E-state index >= 15 is 0 Å². The number of hydrogen-bond donors (Lipinski definition) is 0. The van der Waals surface area contributed by atoms with Crippen molar-refractivity contribution in [1.29, 1.82) is 0 Å². The van der Waals surface area contributed by atoms with Crippen LogP contribution in [0.4, 0.5) is 0 Å². The number of rotatable bonds is 2. The summed E-state index contributed by atoms with van der Waals surface area (Å²) in [5, 5.41) is 0. The van der Waals surface area contributed by atoms with E-state index < -0.39 is 5.41 Å². The molecule has 2 fully saturated rings. The molecular weight excluding hydrogens is 202 g/mol. The van der Waals surface area contributed by atoms with Crippen molar-refractivity contribution in [3.8, 4) is 0 Å². The lowest BCUT2D eigenvalue weighted by molar-refractivity contribution is -0.147. The number of likely N-dealkylation sites (tertiary alicyclic amines) is 1. The first-order chi connectivity index (χ1) is 7.63. The quantitative estimate of drug-likeness (QED) is 0.526. The molecule has 2 aliphatic rings. The van der Waals surface area contributed by atoms with E-state index in [0.717, 1.165) is 19.3 Å². The van der Waals surface area contributed by atoms with Crippen molar-refractivity contribution in [3.63, 3.8) is 0 Å². The van der Waals surface area contributed by atoms with Gasteiger partial charge < -0.3 is 4.90 Å². The zero-order chi connectivity index (χ0) is 11.8. The zero-order valence-corrected chi connectivity index (χ0v) is 9.87. The van der Waals surface area contributed by atoms with Gasteiger partial charge in [-0.25, -0.2) is 0 Å². The highest BCUT2D eigenvalue weighted by Gasteiger charge is 2.56. The van der Waals surface area contributed by atoms with E-state index in [0.29, 0.717) is 19.5 Å². The number of hydrogen-bond acceptors (Lipinski definition) is 2. The van der Waals surface area contributed by atoms with Gasteiger partial charge in [0.2, 0.25) is 5.91 Å². The normalized spacial score (nSPS) is 34.8. The summed E-state index contributed by atoms with van der Waals surface area (Å²) in [6.07, 6.45) is 5.01. The summed E-state index contributed by atoms with van der Waals surface area (Å²) in [6, 6.07) is 0. The van der Waals surface area contributed by atoms with Crippen LogP contribution in [0.5, 0.6) is 0 Å². The lowest BCUT2D eigenvalue weighted by Gasteiger charge is -2.33. The third-order valence-electron chi connectivity index (χ3n) is 4.08. The van der Waals surface area contributed by atoms with Gasteiger partial charge in [-0.3, -0.25) is 9.59 Å². The Morgan fingerprint density at radius 3 is 2.88 bits per heavy atom. The van der Waals surface area contributed by atoms with Gasteiger partial charge in [-0.2, -0.15) is 0 Å². The van der Waals surface area contributed by atoms with Gasteiger partial charge in [0.1, 0.15) is 11.2 Å². The number of amides is 1. The van der Waals surface area contributed by atoms with Gasteiger partial charge >= 0.3 is 0 Å². The van der Waals surface area contributed by atoms with Crippen LogP contribution in [0.15, 0.2) is 12.7 Å². The first-order valence-corrected chi connectivity index (χ1v) is 6.06. The summed E-state index contributed by atoms with van der Waals surface area (Å²) >= 11 is 0. The van der Waals surface area contributed by atoms with Crippen LogP contribution in [0.25, 0.3) is 0 Å². The standard InChI is InChI=1S/C13H19NO2/c1-3-8-14-9-10(2)13(12(14)16)7-5-4-6-11(13)15/h3,10H,1,4-9H2,2H3/t10-,13-/m1/s1.